The van der Waals surface area contributed by atoms with Crippen LogP contribution in [0.15, 0.2) is 12.3 Å². The van der Waals surface area contributed by atoms with Gasteiger partial charge in [0, 0.05) is 29.3 Å². The van der Waals surface area contributed by atoms with Gasteiger partial charge in [-0.3, -0.25) is 9.59 Å². The molecule has 1 aromatic heterocycles. The van der Waals surface area contributed by atoms with Gasteiger partial charge in [-0.15, -0.1) is 0 Å². The fraction of sp³-hybridized carbons (Fsp3) is 0.538. The molecule has 0 bridgehead atoms. The second-order valence-corrected chi connectivity index (χ2v) is 6.17. The third-order valence-electron chi connectivity index (χ3n) is 3.45. The van der Waals surface area contributed by atoms with Gasteiger partial charge in [0.25, 0.3) is 5.91 Å². The maximum absolute atomic E-state index is 12.3. The van der Waals surface area contributed by atoms with Crippen LogP contribution in [-0.4, -0.2) is 40.0 Å². The van der Waals surface area contributed by atoms with Gasteiger partial charge in [0.05, 0.1) is 0 Å². The minimum absolute atomic E-state index is 0.0166. The van der Waals surface area contributed by atoms with Crippen LogP contribution in [0.1, 0.15) is 36.2 Å². The summed E-state index contributed by atoms with van der Waals surface area (Å²) in [7, 11) is 0. The number of aliphatic carboxylic acids is 1. The summed E-state index contributed by atoms with van der Waals surface area (Å²) in [5.74, 6) is -0.437. The van der Waals surface area contributed by atoms with E-state index >= 15 is 0 Å². The number of carbonyl (C=O) groups is 2. The van der Waals surface area contributed by atoms with E-state index < -0.39 is 5.97 Å². The Morgan fingerprint density at radius 2 is 2.32 bits per heavy atom. The molecule has 1 aromatic rings. The summed E-state index contributed by atoms with van der Waals surface area (Å²) in [6.45, 7) is 1.43. The molecule has 2 heterocycles. The first-order chi connectivity index (χ1) is 9.06. The normalized spacial score (nSPS) is 19.4. The monoisotopic (exact) mass is 376 g/mol. The van der Waals surface area contributed by atoms with Crippen LogP contribution in [0.3, 0.4) is 0 Å². The van der Waals surface area contributed by atoms with E-state index in [1.54, 1.807) is 6.20 Å². The highest BCUT2D eigenvalue weighted by Crippen LogP contribution is 2.22. The lowest BCUT2D eigenvalue weighted by molar-refractivity contribution is -0.137. The number of rotatable bonds is 4. The minimum Gasteiger partial charge on any atom is -0.481 e. The van der Waals surface area contributed by atoms with Gasteiger partial charge in [0.15, 0.2) is 0 Å². The Bertz CT molecular complexity index is 472. The first-order valence-electron chi connectivity index (χ1n) is 6.41. The quantitative estimate of drug-likeness (QED) is 0.793. The maximum atomic E-state index is 12.3. The fourth-order valence-electron chi connectivity index (χ4n) is 2.47. The number of nitrogens with one attached hydrogen (secondary N) is 1. The molecule has 0 radical (unpaired) electrons. The van der Waals surface area contributed by atoms with E-state index in [0.29, 0.717) is 24.6 Å². The molecule has 1 amide bonds. The summed E-state index contributed by atoms with van der Waals surface area (Å²) in [5.41, 5.74) is 0.614. The number of hydrogen-bond donors (Lipinski definition) is 2. The van der Waals surface area contributed by atoms with Crippen molar-refractivity contribution in [2.75, 3.05) is 13.1 Å². The number of carboxylic acids is 1. The van der Waals surface area contributed by atoms with E-state index in [1.807, 2.05) is 11.0 Å². The molecule has 0 aliphatic carbocycles. The maximum Gasteiger partial charge on any atom is 0.303 e. The summed E-state index contributed by atoms with van der Waals surface area (Å²) in [4.78, 5) is 27.7. The van der Waals surface area contributed by atoms with E-state index in [0.717, 1.165) is 23.0 Å². The Hall–Kier alpha value is -1.05. The zero-order valence-electron chi connectivity index (χ0n) is 10.6. The van der Waals surface area contributed by atoms with Crippen LogP contribution >= 0.6 is 22.6 Å². The molecule has 2 N–H and O–H groups in total. The summed E-state index contributed by atoms with van der Waals surface area (Å²) in [5, 5.41) is 8.71. The molecule has 0 spiro atoms. The highest BCUT2D eigenvalue weighted by Gasteiger charge is 2.25. The lowest BCUT2D eigenvalue weighted by Gasteiger charge is -2.32. The number of nitrogens with zero attached hydrogens (tertiary/aromatic N) is 1. The summed E-state index contributed by atoms with van der Waals surface area (Å²) >= 11 is 2.16. The number of aromatic amines is 1. The lowest BCUT2D eigenvalue weighted by atomic mass is 9.93. The molecule has 5 nitrogen and oxygen atoms in total. The van der Waals surface area contributed by atoms with Crippen molar-refractivity contribution in [3.63, 3.8) is 0 Å². The zero-order chi connectivity index (χ0) is 13.8. The van der Waals surface area contributed by atoms with Crippen LogP contribution in [0.4, 0.5) is 0 Å². The average Bonchev–Trinajstić information content (AvgIpc) is 2.82. The number of amides is 1. The molecule has 1 unspecified atom stereocenters. The molecule has 1 atom stereocenters. The number of aromatic nitrogens is 1. The van der Waals surface area contributed by atoms with E-state index in [9.17, 15) is 9.59 Å². The van der Waals surface area contributed by atoms with Crippen LogP contribution in [-0.2, 0) is 4.79 Å². The molecular formula is C13H17IN2O3. The molecule has 19 heavy (non-hydrogen) atoms. The molecule has 104 valence electrons. The number of carboxylic acid groups (broad SMARTS) is 1. The van der Waals surface area contributed by atoms with Gasteiger partial charge in [-0.1, -0.05) is 0 Å². The van der Waals surface area contributed by atoms with Crippen molar-refractivity contribution in [1.29, 1.82) is 0 Å². The van der Waals surface area contributed by atoms with E-state index in [-0.39, 0.29) is 12.3 Å². The van der Waals surface area contributed by atoms with Crippen LogP contribution in [0.25, 0.3) is 0 Å². The van der Waals surface area contributed by atoms with Crippen molar-refractivity contribution < 1.29 is 14.7 Å². The number of likely N-dealkylation sites (tertiary alicyclic amines) is 1. The second-order valence-electron chi connectivity index (χ2n) is 4.92. The van der Waals surface area contributed by atoms with Gasteiger partial charge < -0.3 is 15.0 Å². The van der Waals surface area contributed by atoms with Gasteiger partial charge in [0.1, 0.15) is 5.69 Å². The molecule has 6 heteroatoms. The Kier molecular flexibility index (Phi) is 4.84. The number of carbonyl (C=O) groups excluding carboxylic acids is 1. The van der Waals surface area contributed by atoms with Gasteiger partial charge in [-0.2, -0.15) is 0 Å². The molecule has 2 rings (SSSR count). The molecular weight excluding hydrogens is 359 g/mol. The highest BCUT2D eigenvalue weighted by atomic mass is 127. The van der Waals surface area contributed by atoms with Crippen LogP contribution in [0.2, 0.25) is 0 Å². The van der Waals surface area contributed by atoms with Crippen molar-refractivity contribution in [3.05, 3.63) is 21.5 Å². The van der Waals surface area contributed by atoms with E-state index in [4.69, 9.17) is 5.11 Å². The van der Waals surface area contributed by atoms with Crippen molar-refractivity contribution in [1.82, 2.24) is 9.88 Å². The van der Waals surface area contributed by atoms with Gasteiger partial charge >= 0.3 is 5.97 Å². The third kappa shape index (κ3) is 3.95. The number of piperidine rings is 1. The van der Waals surface area contributed by atoms with Gasteiger partial charge in [0.2, 0.25) is 0 Å². The van der Waals surface area contributed by atoms with Gasteiger partial charge in [-0.25, -0.2) is 0 Å². The molecule has 1 aliphatic heterocycles. The number of H-pyrrole nitrogens is 1. The highest BCUT2D eigenvalue weighted by molar-refractivity contribution is 14.1. The lowest BCUT2D eigenvalue weighted by Crippen LogP contribution is -2.40. The molecule has 1 saturated heterocycles. The minimum atomic E-state index is -0.762. The largest absolute Gasteiger partial charge is 0.481 e. The van der Waals surface area contributed by atoms with E-state index in [1.165, 1.54) is 0 Å². The predicted octanol–water partition coefficient (Wildman–Crippen LogP) is 2.34. The standard InChI is InChI=1S/C13H17IN2O3/c14-10-6-11(15-7-10)13(19)16-5-1-2-9(8-16)3-4-12(17)18/h6-7,9,15H,1-5,8H2,(H,17,18). The van der Waals surface area contributed by atoms with Crippen LogP contribution < -0.4 is 0 Å². The first kappa shape index (κ1) is 14.4. The Balaban J connectivity index is 1.93. The van der Waals surface area contributed by atoms with E-state index in [2.05, 4.69) is 27.6 Å². The van der Waals surface area contributed by atoms with Gasteiger partial charge in [-0.05, 0) is 53.8 Å². The molecule has 1 aliphatic rings. The van der Waals surface area contributed by atoms with Crippen molar-refractivity contribution in [2.24, 2.45) is 5.92 Å². The smallest absolute Gasteiger partial charge is 0.303 e. The van der Waals surface area contributed by atoms with Crippen LogP contribution in [0, 0.1) is 9.49 Å². The molecule has 1 fully saturated rings. The van der Waals surface area contributed by atoms with Crippen molar-refractivity contribution in [3.8, 4) is 0 Å². The number of hydrogen-bond acceptors (Lipinski definition) is 2. The fourth-order valence-corrected chi connectivity index (χ4v) is 2.94. The van der Waals surface area contributed by atoms with Crippen molar-refractivity contribution >= 4 is 34.5 Å². The Morgan fingerprint density at radius 3 is 2.95 bits per heavy atom. The summed E-state index contributed by atoms with van der Waals surface area (Å²) < 4.78 is 1.01. The average molecular weight is 376 g/mol. The second kappa shape index (κ2) is 6.40. The third-order valence-corrected chi connectivity index (χ3v) is 4.07. The first-order valence-corrected chi connectivity index (χ1v) is 7.49. The topological polar surface area (TPSA) is 73.4 Å². The molecule has 0 saturated carbocycles. The zero-order valence-corrected chi connectivity index (χ0v) is 12.7. The Morgan fingerprint density at radius 1 is 1.53 bits per heavy atom. The summed E-state index contributed by atoms with van der Waals surface area (Å²) in [6.07, 6.45) is 4.61. The Labute approximate surface area is 125 Å². The predicted molar refractivity (Wildman–Crippen MR) is 79.0 cm³/mol. The van der Waals surface area contributed by atoms with Crippen molar-refractivity contribution in [2.45, 2.75) is 25.7 Å². The van der Waals surface area contributed by atoms with Crippen LogP contribution in [0.5, 0.6) is 0 Å². The summed E-state index contributed by atoms with van der Waals surface area (Å²) in [6, 6.07) is 1.84. The number of halogens is 1. The SMILES string of the molecule is O=C(O)CCC1CCCN(C(=O)c2cc(I)c[nH]2)C1. The molecule has 0 aromatic carbocycles.